The molecule has 3 saturated heterocycles. The fourth-order valence-corrected chi connectivity index (χ4v) is 4.20. The molecular formula is C12H20BrNO2. The Labute approximate surface area is 107 Å². The lowest BCUT2D eigenvalue weighted by Gasteiger charge is -2.47. The van der Waals surface area contributed by atoms with Crippen LogP contribution in [0.4, 0.5) is 0 Å². The van der Waals surface area contributed by atoms with Gasteiger partial charge in [0, 0.05) is 18.8 Å². The molecule has 3 heterocycles. The summed E-state index contributed by atoms with van der Waals surface area (Å²) in [4.78, 5) is 0. The van der Waals surface area contributed by atoms with Crippen molar-refractivity contribution in [1.29, 1.82) is 0 Å². The lowest BCUT2D eigenvalue weighted by atomic mass is 9.95. The third kappa shape index (κ3) is 1.43. The summed E-state index contributed by atoms with van der Waals surface area (Å²) in [7, 11) is 2.41. The van der Waals surface area contributed by atoms with Crippen LogP contribution in [0.1, 0.15) is 25.7 Å². The van der Waals surface area contributed by atoms with E-state index in [1.165, 1.54) is 23.9 Å². The molecule has 0 aromatic carbocycles. The number of ether oxygens (including phenoxy) is 1. The van der Waals surface area contributed by atoms with Gasteiger partial charge in [0.25, 0.3) is 0 Å². The number of rotatable bonds is 2. The van der Waals surface area contributed by atoms with Crippen molar-refractivity contribution in [2.45, 2.75) is 56.1 Å². The van der Waals surface area contributed by atoms with Gasteiger partial charge in [-0.15, -0.1) is 0 Å². The Kier molecular flexibility index (Phi) is 2.46. The molecule has 1 aliphatic carbocycles. The number of quaternary nitrogens is 1. The molecule has 92 valence electrons. The average molecular weight is 290 g/mol. The summed E-state index contributed by atoms with van der Waals surface area (Å²) in [6.45, 7) is 1.35. The van der Waals surface area contributed by atoms with Crippen molar-refractivity contribution < 1.29 is 31.3 Å². The first-order chi connectivity index (χ1) is 7.18. The van der Waals surface area contributed by atoms with Gasteiger partial charge < -0.3 is 31.3 Å². The van der Waals surface area contributed by atoms with Crippen LogP contribution in [0.2, 0.25) is 0 Å². The number of fused-ring (bicyclic) bond motifs is 5. The fourth-order valence-electron chi connectivity index (χ4n) is 4.20. The van der Waals surface area contributed by atoms with Gasteiger partial charge in [-0.25, -0.2) is 0 Å². The van der Waals surface area contributed by atoms with E-state index in [2.05, 4.69) is 7.05 Å². The highest BCUT2D eigenvalue weighted by Gasteiger charge is 2.71. The molecule has 16 heavy (non-hydrogen) atoms. The average Bonchev–Trinajstić information content (AvgIpc) is 2.98. The lowest BCUT2D eigenvalue weighted by Crippen LogP contribution is -3.00. The van der Waals surface area contributed by atoms with Crippen LogP contribution in [0.25, 0.3) is 0 Å². The molecule has 4 aliphatic rings. The van der Waals surface area contributed by atoms with Crippen LogP contribution in [0.15, 0.2) is 0 Å². The third-order valence-electron chi connectivity index (χ3n) is 5.21. The Morgan fingerprint density at radius 1 is 1.19 bits per heavy atom. The maximum Gasteiger partial charge on any atom is 0.142 e. The molecule has 4 heteroatoms. The third-order valence-corrected chi connectivity index (χ3v) is 5.21. The molecule has 0 spiro atoms. The number of aliphatic hydroxyl groups is 1. The summed E-state index contributed by atoms with van der Waals surface area (Å²) < 4.78 is 6.96. The minimum atomic E-state index is -0.0539. The molecule has 2 bridgehead atoms. The number of morpholine rings is 1. The monoisotopic (exact) mass is 289 g/mol. The molecule has 0 radical (unpaired) electrons. The summed E-state index contributed by atoms with van der Waals surface area (Å²) >= 11 is 0. The number of hydrogen-bond donors (Lipinski definition) is 1. The quantitative estimate of drug-likeness (QED) is 0.451. The molecule has 1 N–H and O–H groups in total. The van der Waals surface area contributed by atoms with Crippen LogP contribution in [-0.2, 0) is 4.74 Å². The predicted molar refractivity (Wildman–Crippen MR) is 55.3 cm³/mol. The highest BCUT2D eigenvalue weighted by Crippen LogP contribution is 2.53. The number of likely N-dealkylation sites (N-methyl/N-ethyl adjacent to an activating group) is 1. The SMILES string of the molecule is C[N+]1(CC2CC2)C2CC(O)C[C@H]1[C@@H]1O[C@H]21.[Br-]. The van der Waals surface area contributed by atoms with Gasteiger partial charge in [-0.1, -0.05) is 0 Å². The Hall–Kier alpha value is 0.360. The van der Waals surface area contributed by atoms with Crippen molar-refractivity contribution in [2.24, 2.45) is 5.92 Å². The number of piperidine rings is 1. The first kappa shape index (κ1) is 11.5. The van der Waals surface area contributed by atoms with Gasteiger partial charge in [0.2, 0.25) is 0 Å². The van der Waals surface area contributed by atoms with Gasteiger partial charge in [-0.3, -0.25) is 0 Å². The molecule has 6 atom stereocenters. The van der Waals surface area contributed by atoms with Crippen molar-refractivity contribution in [3.05, 3.63) is 0 Å². The Morgan fingerprint density at radius 3 is 2.25 bits per heavy atom. The summed E-state index contributed by atoms with van der Waals surface area (Å²) in [5.74, 6) is 0.979. The van der Waals surface area contributed by atoms with Crippen molar-refractivity contribution in [2.75, 3.05) is 13.6 Å². The molecule has 3 nitrogen and oxygen atoms in total. The van der Waals surface area contributed by atoms with Crippen molar-refractivity contribution in [3.63, 3.8) is 0 Å². The zero-order valence-electron chi connectivity index (χ0n) is 9.68. The Morgan fingerprint density at radius 2 is 1.75 bits per heavy atom. The topological polar surface area (TPSA) is 32.8 Å². The van der Waals surface area contributed by atoms with E-state index in [9.17, 15) is 5.11 Å². The first-order valence-corrected chi connectivity index (χ1v) is 6.37. The number of hydrogen-bond acceptors (Lipinski definition) is 2. The summed E-state index contributed by atoms with van der Waals surface area (Å²) in [6.07, 6.45) is 5.76. The summed E-state index contributed by atoms with van der Waals surface area (Å²) in [5.41, 5.74) is 0. The number of halogens is 1. The van der Waals surface area contributed by atoms with Crippen molar-refractivity contribution >= 4 is 0 Å². The van der Waals surface area contributed by atoms with E-state index >= 15 is 0 Å². The molecule has 0 amide bonds. The van der Waals surface area contributed by atoms with E-state index in [4.69, 9.17) is 4.74 Å². The standard InChI is InChI=1S/C12H20NO2.BrH/c1-13(6-7-2-3-7)9-4-8(14)5-10(13)12-11(9)15-12;/h7-12,14H,2-6H2,1H3;1H/q+1;/p-1/t8?,9-,10?,11-,12+,13?;/m0./s1. The van der Waals surface area contributed by atoms with Crippen LogP contribution in [-0.4, -0.2) is 53.6 Å². The fraction of sp³-hybridized carbons (Fsp3) is 1.00. The maximum atomic E-state index is 9.84. The Bertz CT molecular complexity index is 289. The second kappa shape index (κ2) is 3.44. The van der Waals surface area contributed by atoms with E-state index in [1.54, 1.807) is 0 Å². The lowest BCUT2D eigenvalue weighted by molar-refractivity contribution is -0.957. The van der Waals surface area contributed by atoms with E-state index in [-0.39, 0.29) is 23.1 Å². The number of aliphatic hydroxyl groups excluding tert-OH is 1. The highest BCUT2D eigenvalue weighted by molar-refractivity contribution is 5.08. The molecule has 4 rings (SSSR count). The largest absolute Gasteiger partial charge is 1.00 e. The van der Waals surface area contributed by atoms with Gasteiger partial charge >= 0.3 is 0 Å². The molecular weight excluding hydrogens is 270 g/mol. The molecule has 1 saturated carbocycles. The smallest absolute Gasteiger partial charge is 0.142 e. The minimum absolute atomic E-state index is 0. The minimum Gasteiger partial charge on any atom is -1.00 e. The zero-order chi connectivity index (χ0) is 10.2. The van der Waals surface area contributed by atoms with Gasteiger partial charge in [0.1, 0.15) is 24.3 Å². The molecule has 3 aliphatic heterocycles. The molecule has 3 unspecified atom stereocenters. The van der Waals surface area contributed by atoms with Crippen LogP contribution in [0, 0.1) is 5.92 Å². The van der Waals surface area contributed by atoms with E-state index in [1.807, 2.05) is 0 Å². The summed E-state index contributed by atoms with van der Waals surface area (Å²) in [6, 6.07) is 1.20. The van der Waals surface area contributed by atoms with Crippen LogP contribution >= 0.6 is 0 Å². The van der Waals surface area contributed by atoms with E-state index in [0.29, 0.717) is 24.3 Å². The van der Waals surface area contributed by atoms with Gasteiger partial charge in [-0.05, 0) is 12.8 Å². The first-order valence-electron chi connectivity index (χ1n) is 6.37. The van der Waals surface area contributed by atoms with Crippen molar-refractivity contribution in [3.8, 4) is 0 Å². The molecule has 0 aromatic rings. The zero-order valence-corrected chi connectivity index (χ0v) is 11.3. The number of epoxide rings is 1. The summed E-state index contributed by atoms with van der Waals surface area (Å²) in [5, 5.41) is 9.84. The molecule has 4 fully saturated rings. The normalized spacial score (nSPS) is 57.8. The van der Waals surface area contributed by atoms with E-state index in [0.717, 1.165) is 18.8 Å². The highest BCUT2D eigenvalue weighted by atomic mass is 79.9. The predicted octanol–water partition coefficient (Wildman–Crippen LogP) is -2.48. The van der Waals surface area contributed by atoms with Gasteiger partial charge in [-0.2, -0.15) is 0 Å². The second-order valence-electron chi connectivity index (χ2n) is 6.30. The second-order valence-corrected chi connectivity index (χ2v) is 6.30. The molecule has 0 aromatic heterocycles. The van der Waals surface area contributed by atoms with Crippen LogP contribution < -0.4 is 17.0 Å². The Balaban J connectivity index is 0.000000810. The maximum absolute atomic E-state index is 9.84. The van der Waals surface area contributed by atoms with Crippen molar-refractivity contribution in [1.82, 2.24) is 0 Å². The number of nitrogens with zero attached hydrogens (tertiary/aromatic N) is 1. The van der Waals surface area contributed by atoms with Gasteiger partial charge in [0.05, 0.1) is 19.7 Å². The van der Waals surface area contributed by atoms with Gasteiger partial charge in [0.15, 0.2) is 0 Å². The van der Waals surface area contributed by atoms with E-state index < -0.39 is 0 Å². The van der Waals surface area contributed by atoms with Crippen LogP contribution in [0.3, 0.4) is 0 Å². The van der Waals surface area contributed by atoms with Crippen LogP contribution in [0.5, 0.6) is 0 Å².